The lowest BCUT2D eigenvalue weighted by Crippen LogP contribution is -2.25. The standard InChI is InChI=1S/C23H18O9/c1-12-8-14(25)21-16(4-2-6-18(21)31-12)29-10-13(24)11-30-17-5-3-7-19-22(17)15(26)9-20(32-19)23(27)28/h2-9,13,24H,10-11H2,1H3,(H,27,28). The third kappa shape index (κ3) is 4.19. The smallest absolute Gasteiger partial charge is 0.371 e. The molecule has 2 aromatic carbocycles. The first kappa shape index (κ1) is 21.1. The Kier molecular flexibility index (Phi) is 5.65. The number of hydrogen-bond donors (Lipinski definition) is 2. The third-order valence-electron chi connectivity index (χ3n) is 4.63. The second kappa shape index (κ2) is 8.56. The number of fused-ring (bicyclic) bond motifs is 2. The van der Waals surface area contributed by atoms with Crippen LogP contribution in [-0.2, 0) is 0 Å². The van der Waals surface area contributed by atoms with Gasteiger partial charge in [0.2, 0.25) is 5.76 Å². The van der Waals surface area contributed by atoms with E-state index in [2.05, 4.69) is 0 Å². The zero-order chi connectivity index (χ0) is 22.8. The Morgan fingerprint density at radius 1 is 0.906 bits per heavy atom. The first-order chi connectivity index (χ1) is 15.3. The first-order valence-corrected chi connectivity index (χ1v) is 9.61. The molecule has 32 heavy (non-hydrogen) atoms. The summed E-state index contributed by atoms with van der Waals surface area (Å²) in [5, 5.41) is 19.6. The van der Waals surface area contributed by atoms with Crippen LogP contribution in [0.2, 0.25) is 0 Å². The number of aromatic carboxylic acids is 1. The van der Waals surface area contributed by atoms with E-state index in [4.69, 9.17) is 23.4 Å². The second-order valence-electron chi connectivity index (χ2n) is 7.04. The van der Waals surface area contributed by atoms with Crippen LogP contribution in [0.15, 0.2) is 67.0 Å². The normalized spacial score (nSPS) is 12.1. The summed E-state index contributed by atoms with van der Waals surface area (Å²) in [7, 11) is 0. The van der Waals surface area contributed by atoms with E-state index in [1.165, 1.54) is 24.3 Å². The van der Waals surface area contributed by atoms with Crippen LogP contribution in [0.5, 0.6) is 11.5 Å². The molecule has 1 atom stereocenters. The molecule has 2 N–H and O–H groups in total. The van der Waals surface area contributed by atoms with E-state index in [1.54, 1.807) is 25.1 Å². The van der Waals surface area contributed by atoms with E-state index in [-0.39, 0.29) is 46.5 Å². The largest absolute Gasteiger partial charge is 0.490 e. The van der Waals surface area contributed by atoms with E-state index in [9.17, 15) is 19.5 Å². The molecule has 0 fully saturated rings. The third-order valence-corrected chi connectivity index (χ3v) is 4.63. The molecular weight excluding hydrogens is 420 g/mol. The van der Waals surface area contributed by atoms with Crippen LogP contribution >= 0.6 is 0 Å². The zero-order valence-electron chi connectivity index (χ0n) is 16.9. The van der Waals surface area contributed by atoms with Gasteiger partial charge in [0.05, 0.1) is 0 Å². The van der Waals surface area contributed by atoms with Crippen molar-refractivity contribution in [3.05, 3.63) is 80.5 Å². The van der Waals surface area contributed by atoms with Gasteiger partial charge >= 0.3 is 5.97 Å². The number of aliphatic hydroxyl groups is 1. The predicted molar refractivity (Wildman–Crippen MR) is 114 cm³/mol. The van der Waals surface area contributed by atoms with Crippen molar-refractivity contribution < 1.29 is 33.3 Å². The van der Waals surface area contributed by atoms with Crippen molar-refractivity contribution in [2.75, 3.05) is 13.2 Å². The molecule has 164 valence electrons. The molecule has 0 aliphatic rings. The van der Waals surface area contributed by atoms with Gasteiger partial charge in [-0.3, -0.25) is 9.59 Å². The highest BCUT2D eigenvalue weighted by Crippen LogP contribution is 2.25. The Balaban J connectivity index is 1.49. The summed E-state index contributed by atoms with van der Waals surface area (Å²) in [5.74, 6) is -0.970. The van der Waals surface area contributed by atoms with Crippen LogP contribution in [0.3, 0.4) is 0 Å². The second-order valence-corrected chi connectivity index (χ2v) is 7.04. The van der Waals surface area contributed by atoms with Gasteiger partial charge < -0.3 is 28.5 Å². The number of rotatable bonds is 7. The maximum Gasteiger partial charge on any atom is 0.371 e. The summed E-state index contributed by atoms with van der Waals surface area (Å²) in [5.41, 5.74) is -0.409. The van der Waals surface area contributed by atoms with Gasteiger partial charge in [-0.25, -0.2) is 4.79 Å². The van der Waals surface area contributed by atoms with Crippen LogP contribution in [0.4, 0.5) is 0 Å². The molecule has 1 unspecified atom stereocenters. The summed E-state index contributed by atoms with van der Waals surface area (Å²) in [6.07, 6.45) is -1.09. The minimum atomic E-state index is -1.36. The number of carboxylic acid groups (broad SMARTS) is 1. The van der Waals surface area contributed by atoms with E-state index in [1.807, 2.05) is 0 Å². The Labute approximate surface area is 180 Å². The number of benzene rings is 2. The molecule has 0 aliphatic carbocycles. The van der Waals surface area contributed by atoms with Gasteiger partial charge in [-0.05, 0) is 31.2 Å². The minimum absolute atomic E-state index is 0.0518. The van der Waals surface area contributed by atoms with Crippen LogP contribution in [-0.4, -0.2) is 35.5 Å². The van der Waals surface area contributed by atoms with Crippen molar-refractivity contribution in [2.24, 2.45) is 0 Å². The molecule has 0 bridgehead atoms. The number of ether oxygens (including phenoxy) is 2. The van der Waals surface area contributed by atoms with Crippen LogP contribution < -0.4 is 20.3 Å². The minimum Gasteiger partial charge on any atom is -0.490 e. The lowest BCUT2D eigenvalue weighted by atomic mass is 10.2. The first-order valence-electron chi connectivity index (χ1n) is 9.61. The molecule has 0 amide bonds. The van der Waals surface area contributed by atoms with Gasteiger partial charge in [-0.15, -0.1) is 0 Å². The topological polar surface area (TPSA) is 136 Å². The maximum absolute atomic E-state index is 12.3. The fourth-order valence-corrected chi connectivity index (χ4v) is 3.24. The summed E-state index contributed by atoms with van der Waals surface area (Å²) in [4.78, 5) is 35.7. The molecule has 0 radical (unpaired) electrons. The predicted octanol–water partition coefficient (Wildman–Crippen LogP) is 2.72. The summed E-state index contributed by atoms with van der Waals surface area (Å²) < 4.78 is 21.9. The number of hydrogen-bond acceptors (Lipinski definition) is 8. The monoisotopic (exact) mass is 438 g/mol. The van der Waals surface area contributed by atoms with Crippen molar-refractivity contribution in [3.8, 4) is 11.5 Å². The number of carboxylic acids is 1. The SMILES string of the molecule is Cc1cc(=O)c2c(OCC(O)COc3cccc4oc(C(=O)O)cc(=O)c34)cccc2o1. The van der Waals surface area contributed by atoms with Crippen molar-refractivity contribution in [1.29, 1.82) is 0 Å². The van der Waals surface area contributed by atoms with E-state index in [0.717, 1.165) is 6.07 Å². The molecule has 0 saturated heterocycles. The summed E-state index contributed by atoms with van der Waals surface area (Å²) in [6.45, 7) is 1.26. The molecule has 9 nitrogen and oxygen atoms in total. The van der Waals surface area contributed by atoms with Gasteiger partial charge in [-0.1, -0.05) is 12.1 Å². The molecule has 0 aliphatic heterocycles. The van der Waals surface area contributed by atoms with Crippen molar-refractivity contribution >= 4 is 27.9 Å². The van der Waals surface area contributed by atoms with Crippen LogP contribution in [0.1, 0.15) is 16.3 Å². The Bertz CT molecular complexity index is 1430. The molecular formula is C23H18O9. The molecule has 4 rings (SSSR count). The molecule has 2 heterocycles. The lowest BCUT2D eigenvalue weighted by Gasteiger charge is -2.15. The van der Waals surface area contributed by atoms with Gasteiger partial charge in [0.15, 0.2) is 10.9 Å². The Morgan fingerprint density at radius 2 is 1.44 bits per heavy atom. The van der Waals surface area contributed by atoms with Gasteiger partial charge in [0.25, 0.3) is 0 Å². The van der Waals surface area contributed by atoms with Crippen LogP contribution in [0.25, 0.3) is 21.9 Å². The molecule has 0 saturated carbocycles. The average molecular weight is 438 g/mol. The molecule has 9 heteroatoms. The maximum atomic E-state index is 12.3. The van der Waals surface area contributed by atoms with Gasteiger partial charge in [0, 0.05) is 12.1 Å². The highest BCUT2D eigenvalue weighted by molar-refractivity contribution is 5.89. The quantitative estimate of drug-likeness (QED) is 0.446. The van der Waals surface area contributed by atoms with Crippen molar-refractivity contribution in [1.82, 2.24) is 0 Å². The van der Waals surface area contributed by atoms with E-state index >= 15 is 0 Å². The number of carbonyl (C=O) groups is 1. The Hall–Kier alpha value is -4.11. The van der Waals surface area contributed by atoms with E-state index < -0.39 is 23.3 Å². The summed E-state index contributed by atoms with van der Waals surface area (Å²) in [6, 6.07) is 11.6. The number of aliphatic hydroxyl groups excluding tert-OH is 1. The van der Waals surface area contributed by atoms with Crippen molar-refractivity contribution in [2.45, 2.75) is 13.0 Å². The lowest BCUT2D eigenvalue weighted by molar-refractivity contribution is 0.0636. The molecule has 4 aromatic rings. The highest BCUT2D eigenvalue weighted by Gasteiger charge is 2.16. The van der Waals surface area contributed by atoms with Gasteiger partial charge in [0.1, 0.15) is 58.5 Å². The highest BCUT2D eigenvalue weighted by atomic mass is 16.5. The Morgan fingerprint density at radius 3 is 2.00 bits per heavy atom. The van der Waals surface area contributed by atoms with E-state index in [0.29, 0.717) is 11.3 Å². The average Bonchev–Trinajstić information content (AvgIpc) is 2.75. The zero-order valence-corrected chi connectivity index (χ0v) is 16.9. The molecule has 0 spiro atoms. The fourth-order valence-electron chi connectivity index (χ4n) is 3.24. The van der Waals surface area contributed by atoms with Crippen LogP contribution in [0, 0.1) is 6.92 Å². The van der Waals surface area contributed by atoms with Crippen molar-refractivity contribution in [3.63, 3.8) is 0 Å². The van der Waals surface area contributed by atoms with Gasteiger partial charge in [-0.2, -0.15) is 0 Å². The number of aryl methyl sites for hydroxylation is 1. The molecule has 2 aromatic heterocycles. The summed E-state index contributed by atoms with van der Waals surface area (Å²) >= 11 is 0. The fraction of sp³-hybridized carbons (Fsp3) is 0.174.